The summed E-state index contributed by atoms with van der Waals surface area (Å²) in [6.07, 6.45) is 0. The normalized spacial score (nSPS) is 16.4. The first-order valence-electron chi connectivity index (χ1n) is 8.71. The van der Waals surface area contributed by atoms with Crippen molar-refractivity contribution in [2.45, 2.75) is 20.0 Å². The van der Waals surface area contributed by atoms with Crippen LogP contribution in [0.4, 0.5) is 11.6 Å². The minimum atomic E-state index is -1.51. The van der Waals surface area contributed by atoms with E-state index in [9.17, 15) is 19.5 Å². The molecule has 0 fully saturated rings. The van der Waals surface area contributed by atoms with Crippen molar-refractivity contribution in [3.8, 4) is 0 Å². The Kier molecular flexibility index (Phi) is 4.26. The highest BCUT2D eigenvalue weighted by molar-refractivity contribution is 6.30. The van der Waals surface area contributed by atoms with E-state index in [1.807, 2.05) is 24.0 Å². The lowest BCUT2D eigenvalue weighted by atomic mass is 10.1. The van der Waals surface area contributed by atoms with E-state index in [1.54, 1.807) is 16.7 Å². The molecule has 0 aliphatic carbocycles. The van der Waals surface area contributed by atoms with Gasteiger partial charge in [-0.1, -0.05) is 24.6 Å². The molecule has 3 heterocycles. The van der Waals surface area contributed by atoms with Crippen LogP contribution in [0.1, 0.15) is 6.92 Å². The minimum absolute atomic E-state index is 0.176. The predicted molar refractivity (Wildman–Crippen MR) is 102 cm³/mol. The number of aliphatic carboxylic acids is 1. The van der Waals surface area contributed by atoms with Crippen LogP contribution in [0.25, 0.3) is 11.2 Å². The lowest BCUT2D eigenvalue weighted by molar-refractivity contribution is -0.306. The van der Waals surface area contributed by atoms with Crippen molar-refractivity contribution >= 4 is 40.4 Å². The van der Waals surface area contributed by atoms with Crippen LogP contribution in [-0.2, 0) is 24.9 Å². The van der Waals surface area contributed by atoms with Crippen LogP contribution < -0.4 is 21.3 Å². The third kappa shape index (κ3) is 2.78. The maximum absolute atomic E-state index is 12.9. The fourth-order valence-electron chi connectivity index (χ4n) is 3.64. The van der Waals surface area contributed by atoms with Gasteiger partial charge in [0, 0.05) is 30.8 Å². The largest absolute Gasteiger partial charge is 0.548 e. The van der Waals surface area contributed by atoms with Crippen molar-refractivity contribution in [3.05, 3.63) is 50.1 Å². The second-order valence-corrected chi connectivity index (χ2v) is 7.43. The average Bonchev–Trinajstić information content (AvgIpc) is 3.02. The number of carbonyl (C=O) groups excluding carboxylic acids is 1. The zero-order chi connectivity index (χ0) is 20.2. The summed E-state index contributed by atoms with van der Waals surface area (Å²) in [5, 5.41) is 11.6. The molecule has 1 atom stereocenters. The van der Waals surface area contributed by atoms with Crippen LogP contribution in [0.5, 0.6) is 0 Å². The summed E-state index contributed by atoms with van der Waals surface area (Å²) in [5.41, 5.74) is -0.228. The standard InChI is InChI=1S/C18H18ClN5O4/c1-10-7-22(12-5-3-4-11(19)6-12)17-20-15-14(23(17)8-10)16(27)24(9-13(25)26)18(28)21(15)2/h3-6,10H,7-9H2,1-2H3,(H,25,26)/p-1/t10-/m0/s1. The van der Waals surface area contributed by atoms with Gasteiger partial charge in [0.2, 0.25) is 5.95 Å². The summed E-state index contributed by atoms with van der Waals surface area (Å²) < 4.78 is 3.58. The first-order chi connectivity index (χ1) is 13.3. The van der Waals surface area contributed by atoms with Gasteiger partial charge >= 0.3 is 5.69 Å². The van der Waals surface area contributed by atoms with Crippen molar-refractivity contribution in [2.75, 3.05) is 11.4 Å². The number of carboxylic acid groups (broad SMARTS) is 1. The number of hydrogen-bond acceptors (Lipinski definition) is 6. The monoisotopic (exact) mass is 402 g/mol. The van der Waals surface area contributed by atoms with E-state index in [0.29, 0.717) is 28.6 Å². The van der Waals surface area contributed by atoms with Gasteiger partial charge in [0.05, 0.1) is 12.5 Å². The number of carboxylic acids is 1. The second kappa shape index (κ2) is 6.52. The van der Waals surface area contributed by atoms with Gasteiger partial charge in [-0.3, -0.25) is 13.9 Å². The number of nitrogens with zero attached hydrogens (tertiary/aromatic N) is 5. The van der Waals surface area contributed by atoms with Gasteiger partial charge in [0.1, 0.15) is 0 Å². The van der Waals surface area contributed by atoms with E-state index in [1.165, 1.54) is 11.6 Å². The molecule has 0 amide bonds. The first-order valence-corrected chi connectivity index (χ1v) is 9.08. The Morgan fingerprint density at radius 2 is 2.07 bits per heavy atom. The fraction of sp³-hybridized carbons (Fsp3) is 0.333. The smallest absolute Gasteiger partial charge is 0.332 e. The van der Waals surface area contributed by atoms with Gasteiger partial charge < -0.3 is 19.4 Å². The molecule has 2 aromatic heterocycles. The van der Waals surface area contributed by atoms with Crippen molar-refractivity contribution < 1.29 is 9.90 Å². The quantitative estimate of drug-likeness (QED) is 0.614. The molecular weight excluding hydrogens is 386 g/mol. The number of carbonyl (C=O) groups is 1. The third-order valence-electron chi connectivity index (χ3n) is 4.85. The van der Waals surface area contributed by atoms with Crippen molar-refractivity contribution in [1.82, 2.24) is 18.7 Å². The molecule has 146 valence electrons. The van der Waals surface area contributed by atoms with E-state index in [2.05, 4.69) is 4.98 Å². The second-order valence-electron chi connectivity index (χ2n) is 7.00. The highest BCUT2D eigenvalue weighted by atomic mass is 35.5. The summed E-state index contributed by atoms with van der Waals surface area (Å²) in [4.78, 5) is 42.9. The lowest BCUT2D eigenvalue weighted by Gasteiger charge is -2.33. The molecule has 0 saturated heterocycles. The molecule has 1 aliphatic heterocycles. The summed E-state index contributed by atoms with van der Waals surface area (Å²) in [6.45, 7) is 2.40. The SMILES string of the molecule is C[C@H]1CN(c2cccc(Cl)c2)c2nc3c(c(=O)n(CC(=O)[O-])c(=O)n3C)n2C1. The average molecular weight is 403 g/mol. The number of hydrogen-bond donors (Lipinski definition) is 0. The maximum Gasteiger partial charge on any atom is 0.332 e. The molecule has 9 nitrogen and oxygen atoms in total. The zero-order valence-electron chi connectivity index (χ0n) is 15.3. The molecule has 0 radical (unpaired) electrons. The zero-order valence-corrected chi connectivity index (χ0v) is 16.0. The molecule has 1 aromatic carbocycles. The minimum Gasteiger partial charge on any atom is -0.548 e. The van der Waals surface area contributed by atoms with Crippen LogP contribution in [0.2, 0.25) is 5.02 Å². The van der Waals surface area contributed by atoms with Gasteiger partial charge in [-0.25, -0.2) is 4.79 Å². The maximum atomic E-state index is 12.9. The van der Waals surface area contributed by atoms with E-state index in [4.69, 9.17) is 11.6 Å². The Hall–Kier alpha value is -3.07. The fourth-order valence-corrected chi connectivity index (χ4v) is 3.82. The Labute approximate surface area is 164 Å². The molecule has 3 aromatic rings. The van der Waals surface area contributed by atoms with Crippen LogP contribution in [0.15, 0.2) is 33.9 Å². The first kappa shape index (κ1) is 18.3. The predicted octanol–water partition coefficient (Wildman–Crippen LogP) is 0.0878. The Morgan fingerprint density at radius 3 is 2.75 bits per heavy atom. The lowest BCUT2D eigenvalue weighted by Crippen LogP contribution is -2.44. The molecule has 0 spiro atoms. The van der Waals surface area contributed by atoms with Gasteiger partial charge in [-0.05, 0) is 24.1 Å². The van der Waals surface area contributed by atoms with Crippen molar-refractivity contribution in [3.63, 3.8) is 0 Å². The molecule has 0 N–H and O–H groups in total. The number of halogens is 1. The van der Waals surface area contributed by atoms with E-state index >= 15 is 0 Å². The molecule has 1 aliphatic rings. The highest BCUT2D eigenvalue weighted by Gasteiger charge is 2.29. The van der Waals surface area contributed by atoms with Crippen molar-refractivity contribution in [2.24, 2.45) is 13.0 Å². The van der Waals surface area contributed by atoms with Gasteiger partial charge in [-0.2, -0.15) is 4.98 Å². The number of fused-ring (bicyclic) bond motifs is 3. The molecular formula is C18H17ClN5O4-. The van der Waals surface area contributed by atoms with Crippen LogP contribution in [-0.4, -0.2) is 31.2 Å². The molecule has 0 saturated carbocycles. The summed E-state index contributed by atoms with van der Waals surface area (Å²) in [5.74, 6) is -0.824. The number of aryl methyl sites for hydroxylation is 1. The summed E-state index contributed by atoms with van der Waals surface area (Å²) in [6, 6.07) is 7.29. The van der Waals surface area contributed by atoms with Crippen molar-refractivity contribution in [1.29, 1.82) is 0 Å². The number of anilines is 2. The van der Waals surface area contributed by atoms with Gasteiger partial charge in [0.15, 0.2) is 11.2 Å². The number of imidazole rings is 1. The van der Waals surface area contributed by atoms with Crippen LogP contribution >= 0.6 is 11.6 Å². The molecule has 10 heteroatoms. The van der Waals surface area contributed by atoms with Crippen LogP contribution in [0, 0.1) is 5.92 Å². The number of benzene rings is 1. The molecule has 4 rings (SSSR count). The Balaban J connectivity index is 2.02. The van der Waals surface area contributed by atoms with E-state index in [0.717, 1.165) is 5.69 Å². The Morgan fingerprint density at radius 1 is 1.32 bits per heavy atom. The van der Waals surface area contributed by atoms with Gasteiger partial charge in [-0.15, -0.1) is 0 Å². The summed E-state index contributed by atoms with van der Waals surface area (Å²) in [7, 11) is 1.46. The molecule has 0 bridgehead atoms. The number of aromatic nitrogens is 4. The van der Waals surface area contributed by atoms with Gasteiger partial charge in [0.25, 0.3) is 5.56 Å². The topological polar surface area (TPSA) is 105 Å². The molecule has 0 unspecified atom stereocenters. The van der Waals surface area contributed by atoms with E-state index < -0.39 is 23.8 Å². The Bertz CT molecular complexity index is 1230. The van der Waals surface area contributed by atoms with Crippen LogP contribution in [0.3, 0.4) is 0 Å². The third-order valence-corrected chi connectivity index (χ3v) is 5.08. The summed E-state index contributed by atoms with van der Waals surface area (Å²) >= 11 is 6.13. The van der Waals surface area contributed by atoms with E-state index in [-0.39, 0.29) is 17.1 Å². The molecule has 28 heavy (non-hydrogen) atoms. The number of rotatable bonds is 3. The highest BCUT2D eigenvalue weighted by Crippen LogP contribution is 2.33.